The Bertz CT molecular complexity index is 1000. The molecule has 6 heteroatoms. The van der Waals surface area contributed by atoms with Gasteiger partial charge in [-0.25, -0.2) is 13.4 Å². The Morgan fingerprint density at radius 2 is 1.65 bits per heavy atom. The monoisotopic (exact) mass is 367 g/mol. The number of pyridine rings is 1. The molecule has 0 saturated heterocycles. The number of aryl methyl sites for hydroxylation is 2. The minimum Gasteiger partial charge on any atom is -0.343 e. The lowest BCUT2D eigenvalue weighted by molar-refractivity contribution is 0.600. The second-order valence-corrected chi connectivity index (χ2v) is 7.82. The number of hydrogen-bond donors (Lipinski definition) is 1. The molecule has 26 heavy (non-hydrogen) atoms. The Morgan fingerprint density at radius 3 is 2.27 bits per heavy atom. The fraction of sp³-hybridized carbons (Fsp3) is 0.150. The van der Waals surface area contributed by atoms with Crippen molar-refractivity contribution in [3.63, 3.8) is 0 Å². The van der Waals surface area contributed by atoms with Crippen molar-refractivity contribution in [3.8, 4) is 0 Å². The lowest BCUT2D eigenvalue weighted by Gasteiger charge is -2.19. The highest BCUT2D eigenvalue weighted by Crippen LogP contribution is 2.24. The summed E-state index contributed by atoms with van der Waals surface area (Å²) in [7, 11) is -1.74. The van der Waals surface area contributed by atoms with E-state index in [1.165, 1.54) is 0 Å². The van der Waals surface area contributed by atoms with Crippen molar-refractivity contribution in [2.45, 2.75) is 18.7 Å². The van der Waals surface area contributed by atoms with Crippen LogP contribution >= 0.6 is 0 Å². The number of nitrogens with one attached hydrogen (secondary N) is 1. The van der Waals surface area contributed by atoms with E-state index in [-0.39, 0.29) is 10.7 Å². The van der Waals surface area contributed by atoms with Crippen molar-refractivity contribution in [1.82, 2.24) is 4.98 Å². The van der Waals surface area contributed by atoms with Crippen LogP contribution in [0.25, 0.3) is 0 Å². The minimum atomic E-state index is -3.67. The molecule has 1 N–H and O–H groups in total. The molecule has 5 nitrogen and oxygen atoms in total. The Balaban J connectivity index is 1.81. The predicted octanol–water partition coefficient (Wildman–Crippen LogP) is 4.27. The Labute approximate surface area is 154 Å². The van der Waals surface area contributed by atoms with Crippen LogP contribution in [-0.2, 0) is 10.0 Å². The van der Waals surface area contributed by atoms with Crippen LogP contribution in [0.15, 0.2) is 71.8 Å². The molecular weight excluding hydrogens is 346 g/mol. The number of benzene rings is 2. The number of aromatic nitrogens is 1. The van der Waals surface area contributed by atoms with Gasteiger partial charge in [-0.05, 0) is 49.7 Å². The van der Waals surface area contributed by atoms with Crippen LogP contribution in [0.4, 0.5) is 17.2 Å². The Morgan fingerprint density at radius 1 is 0.923 bits per heavy atom. The van der Waals surface area contributed by atoms with Crippen LogP contribution in [0.1, 0.15) is 11.1 Å². The van der Waals surface area contributed by atoms with E-state index in [1.807, 2.05) is 61.3 Å². The van der Waals surface area contributed by atoms with Crippen molar-refractivity contribution in [3.05, 3.63) is 78.0 Å². The SMILES string of the molecule is Cc1ccc(S(=O)(=O)Nc2ccc(N(C)c3ccccc3)cn2)c(C)c1. The molecule has 0 aliphatic carbocycles. The molecule has 0 bridgehead atoms. The van der Waals surface area contributed by atoms with Gasteiger partial charge in [0.25, 0.3) is 10.0 Å². The standard InChI is InChI=1S/C20H21N3O2S/c1-15-9-11-19(16(2)13-15)26(24,25)22-20-12-10-18(14-21-20)23(3)17-7-5-4-6-8-17/h4-14H,1-3H3,(H,21,22). The zero-order valence-electron chi connectivity index (χ0n) is 15.0. The molecule has 0 radical (unpaired) electrons. The number of hydrogen-bond acceptors (Lipinski definition) is 4. The van der Waals surface area contributed by atoms with Gasteiger partial charge in [-0.2, -0.15) is 0 Å². The number of rotatable bonds is 5. The fourth-order valence-corrected chi connectivity index (χ4v) is 3.98. The second kappa shape index (κ2) is 7.17. The van der Waals surface area contributed by atoms with Crippen LogP contribution < -0.4 is 9.62 Å². The molecule has 2 aromatic carbocycles. The highest BCUT2D eigenvalue weighted by molar-refractivity contribution is 7.92. The summed E-state index contributed by atoms with van der Waals surface area (Å²) in [6, 6.07) is 18.6. The molecule has 0 aliphatic heterocycles. The highest BCUT2D eigenvalue weighted by atomic mass is 32.2. The van der Waals surface area contributed by atoms with Crippen molar-refractivity contribution in [1.29, 1.82) is 0 Å². The molecular formula is C20H21N3O2S. The second-order valence-electron chi connectivity index (χ2n) is 6.17. The maximum atomic E-state index is 12.6. The molecule has 134 valence electrons. The van der Waals surface area contributed by atoms with E-state index in [0.717, 1.165) is 16.9 Å². The molecule has 0 amide bonds. The van der Waals surface area contributed by atoms with Gasteiger partial charge in [-0.3, -0.25) is 4.72 Å². The van der Waals surface area contributed by atoms with Crippen LogP contribution in [0.2, 0.25) is 0 Å². The van der Waals surface area contributed by atoms with Gasteiger partial charge in [0.05, 0.1) is 16.8 Å². The average molecular weight is 367 g/mol. The number of nitrogens with zero attached hydrogens (tertiary/aromatic N) is 2. The van der Waals surface area contributed by atoms with Gasteiger partial charge in [-0.1, -0.05) is 35.9 Å². The maximum absolute atomic E-state index is 12.6. The van der Waals surface area contributed by atoms with E-state index in [2.05, 4.69) is 9.71 Å². The molecule has 3 aromatic rings. The Kier molecular flexibility index (Phi) is 4.95. The maximum Gasteiger partial charge on any atom is 0.263 e. The first-order valence-electron chi connectivity index (χ1n) is 8.22. The van der Waals surface area contributed by atoms with Gasteiger partial charge >= 0.3 is 0 Å². The van der Waals surface area contributed by atoms with Gasteiger partial charge in [0.2, 0.25) is 0 Å². The summed E-state index contributed by atoms with van der Waals surface area (Å²) >= 11 is 0. The van der Waals surface area contributed by atoms with Crippen molar-refractivity contribution >= 4 is 27.2 Å². The quantitative estimate of drug-likeness (QED) is 0.732. The van der Waals surface area contributed by atoms with Crippen LogP contribution in [-0.4, -0.2) is 20.4 Å². The summed E-state index contributed by atoms with van der Waals surface area (Å²) in [6.07, 6.45) is 1.65. The van der Waals surface area contributed by atoms with E-state index in [9.17, 15) is 8.42 Å². The molecule has 0 unspecified atom stereocenters. The third kappa shape index (κ3) is 3.86. The zero-order valence-corrected chi connectivity index (χ0v) is 15.8. The summed E-state index contributed by atoms with van der Waals surface area (Å²) in [4.78, 5) is 6.49. The summed E-state index contributed by atoms with van der Waals surface area (Å²) in [6.45, 7) is 3.72. The number of sulfonamides is 1. The molecule has 3 rings (SSSR count). The molecule has 0 aliphatic rings. The normalized spacial score (nSPS) is 11.2. The molecule has 0 fully saturated rings. The molecule has 1 aromatic heterocycles. The van der Waals surface area contributed by atoms with E-state index in [0.29, 0.717) is 5.56 Å². The lowest BCUT2D eigenvalue weighted by Crippen LogP contribution is -2.15. The molecule has 0 saturated carbocycles. The van der Waals surface area contributed by atoms with Gasteiger partial charge in [-0.15, -0.1) is 0 Å². The molecule has 0 atom stereocenters. The van der Waals surface area contributed by atoms with Crippen LogP contribution in [0.3, 0.4) is 0 Å². The van der Waals surface area contributed by atoms with Crippen molar-refractivity contribution in [2.75, 3.05) is 16.7 Å². The molecule has 1 heterocycles. The highest BCUT2D eigenvalue weighted by Gasteiger charge is 2.17. The topological polar surface area (TPSA) is 62.3 Å². The zero-order chi connectivity index (χ0) is 18.7. The fourth-order valence-electron chi connectivity index (χ4n) is 2.74. The third-order valence-corrected chi connectivity index (χ3v) is 5.65. The smallest absolute Gasteiger partial charge is 0.263 e. The summed E-state index contributed by atoms with van der Waals surface area (Å²) in [5, 5.41) is 0. The first-order chi connectivity index (χ1) is 12.4. The molecule has 0 spiro atoms. The first kappa shape index (κ1) is 17.9. The van der Waals surface area contributed by atoms with Crippen molar-refractivity contribution in [2.24, 2.45) is 0 Å². The summed E-state index contributed by atoms with van der Waals surface area (Å²) in [5.41, 5.74) is 3.62. The average Bonchev–Trinajstić information content (AvgIpc) is 2.62. The lowest BCUT2D eigenvalue weighted by atomic mass is 10.2. The Hall–Kier alpha value is -2.86. The van der Waals surface area contributed by atoms with Gasteiger partial charge in [0.15, 0.2) is 0 Å². The minimum absolute atomic E-state index is 0.260. The van der Waals surface area contributed by atoms with Gasteiger partial charge < -0.3 is 4.90 Å². The van der Waals surface area contributed by atoms with Gasteiger partial charge in [0, 0.05) is 12.7 Å². The van der Waals surface area contributed by atoms with E-state index < -0.39 is 10.0 Å². The van der Waals surface area contributed by atoms with E-state index in [4.69, 9.17) is 0 Å². The third-order valence-electron chi connectivity index (χ3n) is 4.14. The van der Waals surface area contributed by atoms with E-state index >= 15 is 0 Å². The summed E-state index contributed by atoms with van der Waals surface area (Å²) in [5.74, 6) is 0.287. The first-order valence-corrected chi connectivity index (χ1v) is 9.70. The number of para-hydroxylation sites is 1. The number of anilines is 3. The van der Waals surface area contributed by atoms with Crippen LogP contribution in [0.5, 0.6) is 0 Å². The van der Waals surface area contributed by atoms with Crippen molar-refractivity contribution < 1.29 is 8.42 Å². The van der Waals surface area contributed by atoms with Gasteiger partial charge in [0.1, 0.15) is 5.82 Å². The van der Waals surface area contributed by atoms with E-state index in [1.54, 1.807) is 31.3 Å². The van der Waals surface area contributed by atoms with Crippen LogP contribution in [0, 0.1) is 13.8 Å². The summed E-state index contributed by atoms with van der Waals surface area (Å²) < 4.78 is 27.8. The largest absolute Gasteiger partial charge is 0.343 e. The predicted molar refractivity (Wildman–Crippen MR) is 105 cm³/mol.